The topological polar surface area (TPSA) is 130 Å². The third-order valence-corrected chi connectivity index (χ3v) is 24.3. The molecule has 6 heterocycles. The van der Waals surface area contributed by atoms with Gasteiger partial charge < -0.3 is 13.7 Å². The van der Waals surface area contributed by atoms with Crippen LogP contribution in [0.25, 0.3) is 214 Å². The van der Waals surface area contributed by atoms with E-state index >= 15 is 0 Å². The van der Waals surface area contributed by atoms with Crippen molar-refractivity contribution in [3.05, 3.63) is 476 Å². The molecular weight excluding hydrogens is 1590 g/mol. The van der Waals surface area contributed by atoms with Crippen LogP contribution in [0.4, 0.5) is 17.1 Å². The second kappa shape index (κ2) is 33.8. The zero-order chi connectivity index (χ0) is 87.7. The average molecular weight is 1660 g/mol. The maximum atomic E-state index is 10.0. The van der Waals surface area contributed by atoms with E-state index in [1.165, 1.54) is 21.8 Å². The molecule has 6 aromatic heterocycles. The molecule has 0 radical (unpaired) electrons. The Morgan fingerprint density at radius 1 is 0.215 bits per heavy atom. The van der Waals surface area contributed by atoms with Crippen molar-refractivity contribution in [2.24, 2.45) is 0 Å². The molecule has 12 heteroatoms. The molecule has 0 N–H and O–H groups in total. The number of rotatable bonds is 12. The van der Waals surface area contributed by atoms with Crippen LogP contribution in [0.3, 0.4) is 0 Å². The predicted octanol–water partition coefficient (Wildman–Crippen LogP) is 30.8. The SMILES string of the molecule is [C-]#[N+]c1cccc(C#N)c1-c1cccc2c1c1ccccc1n2-c1cc(-c2ccccc2)cc(-c2ccccc2)n1.[C-]#[N+]c1cccc(C#N)c1-c1cccc2c1c1ccccc1n2-c1cc(-c2ccccc2)nc(-c2ccccc2)c1.[C-]#[N+]c1cccc(C#N)c1-c1cccc2c1c1ccccc1n2-c1cccc(-c2cccc(-n3c4ccccc4c4ccccc43)c2)c1. The first kappa shape index (κ1) is 78.4. The highest BCUT2D eigenvalue weighted by atomic mass is 15.1. The second-order valence-electron chi connectivity index (χ2n) is 31.6. The molecule has 0 aliphatic carbocycles. The minimum Gasteiger partial charge on any atom is -0.309 e. The van der Waals surface area contributed by atoms with Crippen LogP contribution in [0.15, 0.2) is 425 Å². The minimum absolute atomic E-state index is 0.462. The Hall–Kier alpha value is -18.8. The van der Waals surface area contributed by atoms with Crippen LogP contribution >= 0.6 is 0 Å². The summed E-state index contributed by atoms with van der Waals surface area (Å²) in [6, 6.07) is 150. The quantitative estimate of drug-likeness (QED) is 0.112. The maximum absolute atomic E-state index is 10.0. The predicted molar refractivity (Wildman–Crippen MR) is 529 cm³/mol. The van der Waals surface area contributed by atoms with Gasteiger partial charge in [-0.3, -0.25) is 4.57 Å². The standard InChI is InChI=1S/C44H26N4.2C37H22N4/c1-46-38-21-10-14-31(28-45)43(38)37-20-11-25-42-44(37)36-19-4-7-24-41(36)48(42)33-16-9-13-30(27-33)29-12-8-15-32(26-29)47-39-22-5-2-17-34(39)35-18-3-6-23-40(35)47;1-39-31-19-10-16-27(24-38)36(31)30-18-11-21-35-37(30)29-17-8-9-20-34(29)41(35)28-22-32(25-12-4-2-5-13-25)40-33(23-28)26-14-6-3-7-15-26;1-39-31-19-10-16-27(24-38)36(31)30-18-11-21-34-37(30)29-17-8-9-20-33(29)41(34)35-23-28(25-12-4-2-5-13-25)22-32(40-35)26-14-6-3-7-15-26/h2-27H;2*2-23H. The van der Waals surface area contributed by atoms with Gasteiger partial charge in [-0.1, -0.05) is 309 Å². The van der Waals surface area contributed by atoms with Crippen molar-refractivity contribution in [1.29, 1.82) is 15.8 Å². The Balaban J connectivity index is 0.000000119. The van der Waals surface area contributed by atoms with Crippen molar-refractivity contribution in [1.82, 2.24) is 28.2 Å². The summed E-state index contributed by atoms with van der Waals surface area (Å²) in [5.41, 5.74) is 29.3. The van der Waals surface area contributed by atoms with E-state index in [1.54, 1.807) is 54.6 Å². The van der Waals surface area contributed by atoms with E-state index in [0.29, 0.717) is 50.4 Å². The number of para-hydroxylation sites is 5. The van der Waals surface area contributed by atoms with Gasteiger partial charge in [-0.2, -0.15) is 15.8 Å². The summed E-state index contributed by atoms with van der Waals surface area (Å²) >= 11 is 0. The number of pyridine rings is 2. The van der Waals surface area contributed by atoms with Gasteiger partial charge in [0.05, 0.1) is 105 Å². The molecule has 23 rings (SSSR count). The number of benzene rings is 17. The van der Waals surface area contributed by atoms with Gasteiger partial charge in [0.1, 0.15) is 5.82 Å². The molecule has 0 atom stereocenters. The molecule has 0 bridgehead atoms. The number of nitrogens with zero attached hydrogens (tertiary/aromatic N) is 12. The fraction of sp³-hybridized carbons (Fsp3) is 0. The van der Waals surface area contributed by atoms with Crippen molar-refractivity contribution in [3.8, 4) is 130 Å². The van der Waals surface area contributed by atoms with Crippen LogP contribution in [0.1, 0.15) is 16.7 Å². The highest BCUT2D eigenvalue weighted by Gasteiger charge is 2.26. The van der Waals surface area contributed by atoms with Gasteiger partial charge in [0, 0.05) is 105 Å². The largest absolute Gasteiger partial charge is 0.309 e. The molecule has 12 nitrogen and oxygen atoms in total. The van der Waals surface area contributed by atoms with E-state index in [4.69, 9.17) is 29.7 Å². The number of aromatic nitrogens is 6. The summed E-state index contributed by atoms with van der Waals surface area (Å²) < 4.78 is 9.10. The maximum Gasteiger partial charge on any atom is 0.196 e. The van der Waals surface area contributed by atoms with Crippen molar-refractivity contribution in [3.63, 3.8) is 0 Å². The van der Waals surface area contributed by atoms with E-state index < -0.39 is 0 Å². The van der Waals surface area contributed by atoms with Gasteiger partial charge in [-0.15, -0.1) is 0 Å². The van der Waals surface area contributed by atoms with E-state index in [0.717, 1.165) is 161 Å². The molecule has 0 aliphatic heterocycles. The molecule has 17 aromatic carbocycles. The van der Waals surface area contributed by atoms with Crippen LogP contribution in [0.5, 0.6) is 0 Å². The highest BCUT2D eigenvalue weighted by Crippen LogP contribution is 2.49. The third-order valence-electron chi connectivity index (χ3n) is 24.3. The molecule has 23 aromatic rings. The first-order chi connectivity index (χ1) is 64.3. The molecule has 0 aliphatic rings. The van der Waals surface area contributed by atoms with Crippen molar-refractivity contribution < 1.29 is 0 Å². The van der Waals surface area contributed by atoms with E-state index in [9.17, 15) is 15.8 Å². The first-order valence-corrected chi connectivity index (χ1v) is 42.5. The lowest BCUT2D eigenvalue weighted by Crippen LogP contribution is -2.00. The first-order valence-electron chi connectivity index (χ1n) is 42.5. The lowest BCUT2D eigenvalue weighted by Gasteiger charge is -2.14. The van der Waals surface area contributed by atoms with Crippen LogP contribution in [0.2, 0.25) is 0 Å². The fourth-order valence-corrected chi connectivity index (χ4v) is 18.7. The van der Waals surface area contributed by atoms with Gasteiger partial charge in [0.25, 0.3) is 0 Å². The summed E-state index contributed by atoms with van der Waals surface area (Å²) in [7, 11) is 0. The lowest BCUT2D eigenvalue weighted by molar-refractivity contribution is 1.08. The number of nitriles is 3. The molecule has 0 fully saturated rings. The Bertz CT molecular complexity index is 8170. The number of fused-ring (bicyclic) bond motifs is 12. The molecular formula is C118H70N12. The third kappa shape index (κ3) is 13.8. The van der Waals surface area contributed by atoms with Crippen molar-refractivity contribution in [2.75, 3.05) is 0 Å². The highest BCUT2D eigenvalue weighted by molar-refractivity contribution is 6.20. The van der Waals surface area contributed by atoms with Gasteiger partial charge in [-0.25, -0.2) is 24.5 Å². The Morgan fingerprint density at radius 3 is 0.877 bits per heavy atom. The smallest absolute Gasteiger partial charge is 0.196 e. The van der Waals surface area contributed by atoms with Crippen molar-refractivity contribution >= 4 is 104 Å². The normalized spacial score (nSPS) is 11.0. The van der Waals surface area contributed by atoms with E-state index in [-0.39, 0.29) is 0 Å². The summed E-state index contributed by atoms with van der Waals surface area (Å²) in [6.45, 7) is 23.5. The van der Waals surface area contributed by atoms with Crippen LogP contribution in [-0.4, -0.2) is 28.2 Å². The monoisotopic (exact) mass is 1650 g/mol. The Kier molecular flexibility index (Phi) is 20.4. The molecule has 0 unspecified atom stereocenters. The van der Waals surface area contributed by atoms with Crippen LogP contribution in [-0.2, 0) is 0 Å². The van der Waals surface area contributed by atoms with Crippen molar-refractivity contribution in [2.45, 2.75) is 0 Å². The molecule has 0 spiro atoms. The summed E-state index contributed by atoms with van der Waals surface area (Å²) in [5.74, 6) is 0.799. The number of hydrogen-bond donors (Lipinski definition) is 0. The molecule has 0 saturated heterocycles. The van der Waals surface area contributed by atoms with Crippen LogP contribution in [0, 0.1) is 53.7 Å². The molecule has 0 amide bonds. The van der Waals surface area contributed by atoms with Gasteiger partial charge >= 0.3 is 0 Å². The number of hydrogen-bond acceptors (Lipinski definition) is 5. The second-order valence-corrected chi connectivity index (χ2v) is 31.6. The summed E-state index contributed by atoms with van der Waals surface area (Å²) in [5, 5.41) is 38.7. The molecule has 602 valence electrons. The lowest BCUT2D eigenvalue weighted by atomic mass is 9.94. The average Bonchev–Trinajstić information content (AvgIpc) is 1.56. The van der Waals surface area contributed by atoms with Crippen LogP contribution < -0.4 is 0 Å². The zero-order valence-corrected chi connectivity index (χ0v) is 69.8. The Labute approximate surface area is 749 Å². The molecule has 0 saturated carbocycles. The summed E-state index contributed by atoms with van der Waals surface area (Å²) in [6.07, 6.45) is 0. The fourth-order valence-electron chi connectivity index (χ4n) is 18.7. The van der Waals surface area contributed by atoms with E-state index in [1.807, 2.05) is 140 Å². The molecule has 130 heavy (non-hydrogen) atoms. The van der Waals surface area contributed by atoms with Gasteiger partial charge in [0.15, 0.2) is 17.1 Å². The Morgan fingerprint density at radius 2 is 0.500 bits per heavy atom. The zero-order valence-electron chi connectivity index (χ0n) is 69.8. The minimum atomic E-state index is 0.462. The van der Waals surface area contributed by atoms with Gasteiger partial charge in [-0.05, 0) is 154 Å². The van der Waals surface area contributed by atoms with E-state index in [2.05, 4.69) is 282 Å². The summed E-state index contributed by atoms with van der Waals surface area (Å²) in [4.78, 5) is 21.6. The van der Waals surface area contributed by atoms with Gasteiger partial charge in [0.2, 0.25) is 0 Å².